The van der Waals surface area contributed by atoms with Gasteiger partial charge in [0, 0.05) is 26.5 Å². The van der Waals surface area contributed by atoms with Crippen LogP contribution in [0.3, 0.4) is 0 Å². The van der Waals surface area contributed by atoms with Crippen LogP contribution in [0.2, 0.25) is 0 Å². The van der Waals surface area contributed by atoms with Crippen molar-refractivity contribution >= 4 is 27.7 Å². The number of hydroxylamine groups is 1. The Bertz CT molecular complexity index is 1140. The Morgan fingerprint density at radius 1 is 1.18 bits per heavy atom. The van der Waals surface area contributed by atoms with E-state index in [-0.39, 0.29) is 5.82 Å². The lowest BCUT2D eigenvalue weighted by Crippen LogP contribution is -3.14. The molecule has 2 amide bonds. The molecule has 2 aliphatic carbocycles. The van der Waals surface area contributed by atoms with Crippen LogP contribution in [-0.4, -0.2) is 43.3 Å². The number of aryl methyl sites for hydroxylation is 3. The summed E-state index contributed by atoms with van der Waals surface area (Å²) in [6, 6.07) is 0.602. The maximum Gasteiger partial charge on any atom is 0.436 e. The summed E-state index contributed by atoms with van der Waals surface area (Å²) in [5, 5.41) is 15.8. The standard InChI is InChI=1S/C22H29N5O5S/c1-25-13-20(23-14-25)26(17-8-10-32-11-9-17)33(30,31)27(29)22(28)24-21-18-6-2-4-15(18)12-16-5-3-7-19(16)21/h12-14,17,27H,2-11H2,1H3,(H,24,28). The number of ether oxygens (including phenoxy) is 1. The van der Waals surface area contributed by atoms with Crippen molar-refractivity contribution in [3.63, 3.8) is 0 Å². The number of anilines is 2. The number of amides is 2. The maximum absolute atomic E-state index is 13.5. The van der Waals surface area contributed by atoms with Gasteiger partial charge in [0.05, 0.1) is 18.1 Å². The van der Waals surface area contributed by atoms with Gasteiger partial charge in [-0.15, -0.1) is 0 Å². The predicted molar refractivity (Wildman–Crippen MR) is 122 cm³/mol. The number of quaternary nitrogens is 1. The molecule has 1 aromatic heterocycles. The quantitative estimate of drug-likeness (QED) is 0.628. The molecule has 1 saturated heterocycles. The number of benzene rings is 1. The number of carbonyl (C=O) groups excluding carboxylic acids is 1. The van der Waals surface area contributed by atoms with Crippen LogP contribution in [0.25, 0.3) is 0 Å². The summed E-state index contributed by atoms with van der Waals surface area (Å²) in [5.41, 5.74) is 5.12. The Hall–Kier alpha value is -2.47. The molecule has 2 aromatic rings. The topological polar surface area (TPSA) is 121 Å². The van der Waals surface area contributed by atoms with Gasteiger partial charge in [0.15, 0.2) is 5.82 Å². The molecule has 0 spiro atoms. The molecule has 2 N–H and O–H groups in total. The second-order valence-corrected chi connectivity index (χ2v) is 10.7. The maximum atomic E-state index is 13.5. The smallest absolute Gasteiger partial charge is 0.436 e. The summed E-state index contributed by atoms with van der Waals surface area (Å²) >= 11 is 0. The van der Waals surface area contributed by atoms with E-state index in [1.54, 1.807) is 11.6 Å². The van der Waals surface area contributed by atoms with Crippen molar-refractivity contribution in [2.24, 2.45) is 7.05 Å². The lowest BCUT2D eigenvalue weighted by atomic mass is 9.99. The molecular weight excluding hydrogens is 446 g/mol. The summed E-state index contributed by atoms with van der Waals surface area (Å²) in [7, 11) is -2.92. The molecule has 0 bridgehead atoms. The monoisotopic (exact) mass is 475 g/mol. The number of hydrogen-bond donors (Lipinski definition) is 2. The van der Waals surface area contributed by atoms with Crippen LogP contribution in [0.1, 0.15) is 47.9 Å². The average Bonchev–Trinajstić information content (AvgIpc) is 3.55. The number of nitrogens with zero attached hydrogens (tertiary/aromatic N) is 3. The third-order valence-electron chi connectivity index (χ3n) is 6.83. The van der Waals surface area contributed by atoms with Crippen LogP contribution in [-0.2, 0) is 47.7 Å². The molecule has 1 unspecified atom stereocenters. The van der Waals surface area contributed by atoms with Gasteiger partial charge >= 0.3 is 16.2 Å². The number of carbonyl (C=O) groups is 1. The Labute approximate surface area is 193 Å². The van der Waals surface area contributed by atoms with Crippen molar-refractivity contribution in [1.82, 2.24) is 9.55 Å². The molecular formula is C22H29N5O5S. The van der Waals surface area contributed by atoms with E-state index in [9.17, 15) is 18.4 Å². The Kier molecular flexibility index (Phi) is 5.89. The van der Waals surface area contributed by atoms with E-state index in [1.165, 1.54) is 23.7 Å². The molecule has 1 atom stereocenters. The van der Waals surface area contributed by atoms with E-state index in [0.717, 1.165) is 54.0 Å². The van der Waals surface area contributed by atoms with Crippen LogP contribution in [0.4, 0.5) is 16.3 Å². The molecule has 5 rings (SSSR count). The van der Waals surface area contributed by atoms with Gasteiger partial charge in [0.2, 0.25) is 0 Å². The minimum absolute atomic E-state index is 0.132. The molecule has 3 aliphatic rings. The highest BCUT2D eigenvalue weighted by Gasteiger charge is 2.41. The molecule has 33 heavy (non-hydrogen) atoms. The second-order valence-electron chi connectivity index (χ2n) is 9.02. The predicted octanol–water partition coefficient (Wildman–Crippen LogP) is 1.24. The fraction of sp³-hybridized carbons (Fsp3) is 0.545. The van der Waals surface area contributed by atoms with Gasteiger partial charge in [-0.1, -0.05) is 6.07 Å². The summed E-state index contributed by atoms with van der Waals surface area (Å²) in [5.74, 6) is 0.132. The summed E-state index contributed by atoms with van der Waals surface area (Å²) in [4.78, 5) is 17.2. The van der Waals surface area contributed by atoms with Crippen LogP contribution in [0.5, 0.6) is 0 Å². The summed E-state index contributed by atoms with van der Waals surface area (Å²) < 4.78 is 33.5. The first-order valence-electron chi connectivity index (χ1n) is 11.5. The second kappa shape index (κ2) is 8.71. The number of urea groups is 1. The van der Waals surface area contributed by atoms with Gasteiger partial charge in [-0.3, -0.25) is 5.32 Å². The zero-order valence-corrected chi connectivity index (χ0v) is 19.5. The van der Waals surface area contributed by atoms with Crippen molar-refractivity contribution in [3.05, 3.63) is 46.1 Å². The van der Waals surface area contributed by atoms with Crippen LogP contribution >= 0.6 is 0 Å². The molecule has 11 heteroatoms. The molecule has 0 radical (unpaired) electrons. The zero-order valence-electron chi connectivity index (χ0n) is 18.7. The molecule has 178 valence electrons. The van der Waals surface area contributed by atoms with Gasteiger partial charge in [-0.2, -0.15) is 12.9 Å². The first-order chi connectivity index (χ1) is 15.9. The normalized spacial score (nSPS) is 19.2. The average molecular weight is 476 g/mol. The van der Waals surface area contributed by atoms with Gasteiger partial charge in [0.1, 0.15) is 0 Å². The minimum atomic E-state index is -4.64. The Balaban J connectivity index is 1.45. The molecule has 1 fully saturated rings. The largest absolute Gasteiger partial charge is 0.608 e. The van der Waals surface area contributed by atoms with Gasteiger partial charge in [0.25, 0.3) is 0 Å². The highest BCUT2D eigenvalue weighted by molar-refractivity contribution is 7.86. The summed E-state index contributed by atoms with van der Waals surface area (Å²) in [6.07, 6.45) is 9.35. The number of fused-ring (bicyclic) bond motifs is 2. The number of rotatable bonds is 5. The minimum Gasteiger partial charge on any atom is -0.608 e. The van der Waals surface area contributed by atoms with Gasteiger partial charge < -0.3 is 14.5 Å². The number of nitrogens with one attached hydrogen (secondary N) is 2. The van der Waals surface area contributed by atoms with E-state index in [1.807, 2.05) is 0 Å². The van der Waals surface area contributed by atoms with E-state index in [4.69, 9.17) is 4.74 Å². The lowest BCUT2D eigenvalue weighted by molar-refractivity contribution is -0.604. The van der Waals surface area contributed by atoms with Crippen molar-refractivity contribution < 1.29 is 22.4 Å². The van der Waals surface area contributed by atoms with E-state index in [2.05, 4.69) is 16.4 Å². The molecule has 1 aliphatic heterocycles. The molecule has 2 heterocycles. The highest BCUT2D eigenvalue weighted by Crippen LogP contribution is 2.38. The first kappa shape index (κ1) is 22.3. The first-order valence-corrected chi connectivity index (χ1v) is 12.9. The SMILES string of the molecule is Cn1cnc(N(C2CCOCC2)S(=O)(=O)[NH+]([O-])C(=O)Nc2c3c(cc4c2CCC4)CCC3)c1. The number of aromatic nitrogens is 2. The van der Waals surface area contributed by atoms with Crippen LogP contribution < -0.4 is 14.1 Å². The van der Waals surface area contributed by atoms with Crippen molar-refractivity contribution in [2.75, 3.05) is 22.8 Å². The van der Waals surface area contributed by atoms with Crippen LogP contribution in [0, 0.1) is 5.21 Å². The van der Waals surface area contributed by atoms with Crippen molar-refractivity contribution in [1.29, 1.82) is 0 Å². The van der Waals surface area contributed by atoms with Crippen LogP contribution in [0.15, 0.2) is 18.6 Å². The Morgan fingerprint density at radius 2 is 1.82 bits per heavy atom. The van der Waals surface area contributed by atoms with Gasteiger partial charge in [-0.25, -0.2) is 14.1 Å². The zero-order chi connectivity index (χ0) is 23.2. The highest BCUT2D eigenvalue weighted by atomic mass is 32.2. The van der Waals surface area contributed by atoms with Crippen molar-refractivity contribution in [2.45, 2.75) is 57.4 Å². The van der Waals surface area contributed by atoms with E-state index >= 15 is 0 Å². The fourth-order valence-electron chi connectivity index (χ4n) is 5.28. The van der Waals surface area contributed by atoms with E-state index in [0.29, 0.717) is 31.7 Å². The third-order valence-corrected chi connectivity index (χ3v) is 8.49. The Morgan fingerprint density at radius 3 is 2.39 bits per heavy atom. The van der Waals surface area contributed by atoms with Crippen molar-refractivity contribution in [3.8, 4) is 0 Å². The summed E-state index contributed by atoms with van der Waals surface area (Å²) in [6.45, 7) is 0.762. The lowest BCUT2D eigenvalue weighted by Gasteiger charge is -2.34. The molecule has 0 saturated carbocycles. The molecule has 10 nitrogen and oxygen atoms in total. The van der Waals surface area contributed by atoms with E-state index < -0.39 is 26.8 Å². The number of imidazole rings is 1. The van der Waals surface area contributed by atoms with Gasteiger partial charge in [-0.05, 0) is 73.6 Å². The fourth-order valence-corrected chi connectivity index (χ4v) is 6.68. The number of hydrogen-bond acceptors (Lipinski definition) is 6. The molecule has 1 aromatic carbocycles. The third kappa shape index (κ3) is 4.03.